The zero-order valence-corrected chi connectivity index (χ0v) is 16.8. The lowest BCUT2D eigenvalue weighted by atomic mass is 10.1. The van der Waals surface area contributed by atoms with Crippen molar-refractivity contribution in [2.45, 2.75) is 6.54 Å². The second-order valence-corrected chi connectivity index (χ2v) is 7.84. The summed E-state index contributed by atoms with van der Waals surface area (Å²) in [6, 6.07) is 27.7. The molecule has 0 saturated carbocycles. The molecule has 0 atom stereocenters. The number of benzene rings is 3. The van der Waals surface area contributed by atoms with E-state index in [4.69, 9.17) is 0 Å². The number of hydrogen-bond donors (Lipinski definition) is 1. The number of nitrogens with zero attached hydrogens (tertiary/aromatic N) is 3. The number of hydrogen-bond acceptors (Lipinski definition) is 4. The third-order valence-electron chi connectivity index (χ3n) is 4.80. The summed E-state index contributed by atoms with van der Waals surface area (Å²) >= 11 is 1.48. The summed E-state index contributed by atoms with van der Waals surface area (Å²) in [5, 5.41) is 3.87. The molecule has 5 rings (SSSR count). The van der Waals surface area contributed by atoms with E-state index in [9.17, 15) is 4.79 Å². The molecule has 0 bridgehead atoms. The molecule has 3 aromatic carbocycles. The molecular formula is C24H18N4OS. The molecule has 0 aliphatic carbocycles. The number of para-hydroxylation sites is 1. The van der Waals surface area contributed by atoms with Gasteiger partial charge in [0.2, 0.25) is 5.13 Å². The lowest BCUT2D eigenvalue weighted by molar-refractivity contribution is 0.845. The predicted octanol–water partition coefficient (Wildman–Crippen LogP) is 5.06. The summed E-state index contributed by atoms with van der Waals surface area (Å²) in [5.41, 5.74) is 3.99. The molecule has 30 heavy (non-hydrogen) atoms. The van der Waals surface area contributed by atoms with Crippen LogP contribution in [0.15, 0.2) is 94.7 Å². The maximum atomic E-state index is 13.3. The summed E-state index contributed by atoms with van der Waals surface area (Å²) in [7, 11) is 0. The van der Waals surface area contributed by atoms with Gasteiger partial charge in [-0.3, -0.25) is 14.9 Å². The number of nitrogens with one attached hydrogen (secondary N) is 1. The molecular weight excluding hydrogens is 392 g/mol. The molecule has 5 nitrogen and oxygen atoms in total. The van der Waals surface area contributed by atoms with Crippen LogP contribution in [-0.2, 0) is 6.54 Å². The highest BCUT2D eigenvalue weighted by atomic mass is 32.1. The SMILES string of the molecule is O=c1c(/C=N\Cc2ccccc2)c(-c2ccccc2)[nH]n1-c1nc2ccccc2s1. The molecule has 146 valence electrons. The third kappa shape index (κ3) is 3.49. The molecule has 0 saturated heterocycles. The Labute approximate surface area is 177 Å². The molecule has 6 heteroatoms. The third-order valence-corrected chi connectivity index (χ3v) is 5.82. The first-order valence-electron chi connectivity index (χ1n) is 9.60. The molecule has 0 spiro atoms. The molecule has 0 radical (unpaired) electrons. The first-order valence-corrected chi connectivity index (χ1v) is 10.4. The van der Waals surface area contributed by atoms with E-state index in [1.165, 1.54) is 16.0 Å². The van der Waals surface area contributed by atoms with Crippen molar-refractivity contribution in [1.82, 2.24) is 14.8 Å². The summed E-state index contributed by atoms with van der Waals surface area (Å²) in [5.74, 6) is 0. The van der Waals surface area contributed by atoms with Crippen molar-refractivity contribution in [2.24, 2.45) is 4.99 Å². The number of thiazole rings is 1. The van der Waals surface area contributed by atoms with Crippen LogP contribution in [0.1, 0.15) is 11.1 Å². The van der Waals surface area contributed by atoms with E-state index < -0.39 is 0 Å². The quantitative estimate of drug-likeness (QED) is 0.412. The van der Waals surface area contributed by atoms with Crippen molar-refractivity contribution in [3.05, 3.63) is 106 Å². The largest absolute Gasteiger partial charge is 0.288 e. The smallest absolute Gasteiger partial charge is 0.282 e. The number of aromatic nitrogens is 3. The van der Waals surface area contributed by atoms with E-state index in [0.717, 1.165) is 27.0 Å². The van der Waals surface area contributed by atoms with Gasteiger partial charge in [0, 0.05) is 11.8 Å². The Kier molecular flexibility index (Phi) is 4.83. The molecule has 2 aromatic heterocycles. The van der Waals surface area contributed by atoms with Crippen molar-refractivity contribution in [3.63, 3.8) is 0 Å². The normalized spacial score (nSPS) is 11.5. The van der Waals surface area contributed by atoms with E-state index in [2.05, 4.69) is 15.1 Å². The van der Waals surface area contributed by atoms with Gasteiger partial charge in [-0.2, -0.15) is 4.68 Å². The van der Waals surface area contributed by atoms with E-state index in [-0.39, 0.29) is 5.56 Å². The molecule has 0 aliphatic rings. The van der Waals surface area contributed by atoms with E-state index in [0.29, 0.717) is 17.2 Å². The van der Waals surface area contributed by atoms with Crippen LogP contribution in [0, 0.1) is 0 Å². The highest BCUT2D eigenvalue weighted by Gasteiger charge is 2.17. The second-order valence-electron chi connectivity index (χ2n) is 6.83. The lowest BCUT2D eigenvalue weighted by Gasteiger charge is -1.99. The Morgan fingerprint density at radius 3 is 2.40 bits per heavy atom. The van der Waals surface area contributed by atoms with Gasteiger partial charge >= 0.3 is 0 Å². The molecule has 0 amide bonds. The highest BCUT2D eigenvalue weighted by molar-refractivity contribution is 7.20. The van der Waals surface area contributed by atoms with Crippen LogP contribution in [0.2, 0.25) is 0 Å². The zero-order chi connectivity index (χ0) is 20.3. The second kappa shape index (κ2) is 7.93. The first-order chi connectivity index (χ1) is 14.8. The van der Waals surface area contributed by atoms with Gasteiger partial charge in [0.05, 0.1) is 28.0 Å². The van der Waals surface area contributed by atoms with Crippen LogP contribution >= 0.6 is 11.3 Å². The van der Waals surface area contributed by atoms with Gasteiger partial charge < -0.3 is 0 Å². The minimum Gasteiger partial charge on any atom is -0.288 e. The molecule has 0 aliphatic heterocycles. The fourth-order valence-electron chi connectivity index (χ4n) is 3.31. The van der Waals surface area contributed by atoms with Crippen molar-refractivity contribution < 1.29 is 0 Å². The molecule has 0 fully saturated rings. The fraction of sp³-hybridized carbons (Fsp3) is 0.0417. The Hall–Kier alpha value is -3.77. The van der Waals surface area contributed by atoms with Gasteiger partial charge in [0.25, 0.3) is 5.56 Å². The van der Waals surface area contributed by atoms with Crippen molar-refractivity contribution in [2.75, 3.05) is 0 Å². The van der Waals surface area contributed by atoms with Crippen LogP contribution < -0.4 is 5.56 Å². The maximum absolute atomic E-state index is 13.3. The Balaban J connectivity index is 1.60. The van der Waals surface area contributed by atoms with Gasteiger partial charge in [-0.05, 0) is 17.7 Å². The van der Waals surface area contributed by atoms with Crippen LogP contribution in [0.3, 0.4) is 0 Å². The predicted molar refractivity (Wildman–Crippen MR) is 123 cm³/mol. The summed E-state index contributed by atoms with van der Waals surface area (Å²) in [6.45, 7) is 0.515. The number of fused-ring (bicyclic) bond motifs is 1. The van der Waals surface area contributed by atoms with Gasteiger partial charge in [-0.15, -0.1) is 0 Å². The molecule has 1 N–H and O–H groups in total. The molecule has 5 aromatic rings. The van der Waals surface area contributed by atoms with Gasteiger partial charge in [0.15, 0.2) is 0 Å². The number of aromatic amines is 1. The summed E-state index contributed by atoms with van der Waals surface area (Å²) in [6.07, 6.45) is 1.66. The first kappa shape index (κ1) is 18.3. The average molecular weight is 411 g/mol. The standard InChI is InChI=1S/C24H18N4OS/c29-23-19(16-25-15-17-9-3-1-4-10-17)22(18-11-5-2-6-12-18)27-28(23)24-26-20-13-7-8-14-21(20)30-24/h1-14,16,27H,15H2/b25-16-. The average Bonchev–Trinajstić information content (AvgIpc) is 3.36. The topological polar surface area (TPSA) is 63.0 Å². The van der Waals surface area contributed by atoms with E-state index in [1.54, 1.807) is 6.21 Å². The number of aliphatic imine (C=N–C) groups is 1. The highest BCUT2D eigenvalue weighted by Crippen LogP contribution is 2.25. The lowest BCUT2D eigenvalue weighted by Crippen LogP contribution is -2.17. The minimum atomic E-state index is -0.162. The van der Waals surface area contributed by atoms with Gasteiger partial charge in [0.1, 0.15) is 0 Å². The molecule has 0 unspecified atom stereocenters. The van der Waals surface area contributed by atoms with Crippen LogP contribution in [0.5, 0.6) is 0 Å². The summed E-state index contributed by atoms with van der Waals surface area (Å²) in [4.78, 5) is 22.4. The maximum Gasteiger partial charge on any atom is 0.282 e. The van der Waals surface area contributed by atoms with E-state index >= 15 is 0 Å². The van der Waals surface area contributed by atoms with Crippen LogP contribution in [0.25, 0.3) is 26.6 Å². The van der Waals surface area contributed by atoms with Crippen molar-refractivity contribution in [1.29, 1.82) is 0 Å². The zero-order valence-electron chi connectivity index (χ0n) is 16.0. The van der Waals surface area contributed by atoms with Gasteiger partial charge in [-0.25, -0.2) is 4.98 Å². The number of H-pyrrole nitrogens is 1. The number of rotatable bonds is 5. The minimum absolute atomic E-state index is 0.162. The van der Waals surface area contributed by atoms with Crippen molar-refractivity contribution >= 4 is 27.8 Å². The molecule has 2 heterocycles. The van der Waals surface area contributed by atoms with Gasteiger partial charge in [-0.1, -0.05) is 84.1 Å². The summed E-state index contributed by atoms with van der Waals surface area (Å²) < 4.78 is 2.55. The Bertz CT molecular complexity index is 1350. The van der Waals surface area contributed by atoms with Crippen molar-refractivity contribution in [3.8, 4) is 16.4 Å². The Morgan fingerprint density at radius 1 is 0.933 bits per heavy atom. The fourth-order valence-corrected chi connectivity index (χ4v) is 4.24. The monoisotopic (exact) mass is 410 g/mol. The van der Waals surface area contributed by atoms with Crippen LogP contribution in [0.4, 0.5) is 0 Å². The van der Waals surface area contributed by atoms with E-state index in [1.807, 2.05) is 84.9 Å². The van der Waals surface area contributed by atoms with Crippen LogP contribution in [-0.4, -0.2) is 21.0 Å². The Morgan fingerprint density at radius 2 is 1.63 bits per heavy atom.